The molecule has 2 aromatic heterocycles. The third-order valence-corrected chi connectivity index (χ3v) is 14.0. The minimum Gasteiger partial charge on any atom is -0.507 e. The molecule has 75 heavy (non-hydrogen) atoms. The summed E-state index contributed by atoms with van der Waals surface area (Å²) in [5, 5.41) is 12.3. The van der Waals surface area contributed by atoms with Gasteiger partial charge in [-0.25, -0.2) is 4.98 Å². The molecule has 0 atom stereocenters. The van der Waals surface area contributed by atoms with Gasteiger partial charge in [0.1, 0.15) is 11.6 Å². The van der Waals surface area contributed by atoms with E-state index in [4.69, 9.17) is 7.73 Å². The Bertz CT molecular complexity index is 3600. The molecule has 5 heteroatoms. The minimum absolute atomic E-state index is 0. The maximum atomic E-state index is 12.3. The first-order valence-electron chi connectivity index (χ1n) is 26.8. The molecule has 8 aromatic carbocycles. The Hall–Kier alpha value is -7.13. The number of benzene rings is 8. The fourth-order valence-electron chi connectivity index (χ4n) is 9.70. The number of phenols is 1. The summed E-state index contributed by atoms with van der Waals surface area (Å²) in [6, 6.07) is 64.8. The molecule has 0 aliphatic heterocycles. The van der Waals surface area contributed by atoms with Crippen LogP contribution in [0.15, 0.2) is 188 Å². The second kappa shape index (κ2) is 22.4. The molecule has 0 unspecified atom stereocenters. The molecular formula is C70H70N3OPt-. The fourth-order valence-corrected chi connectivity index (χ4v) is 9.70. The molecular weight excluding hydrogens is 1090 g/mol. The molecule has 0 radical (unpaired) electrons. The number of phenolic OH excluding ortho intramolecular Hbond substituents is 1. The Morgan fingerprint density at radius 1 is 0.520 bits per heavy atom. The van der Waals surface area contributed by atoms with Gasteiger partial charge in [0.15, 0.2) is 0 Å². The van der Waals surface area contributed by atoms with Crippen molar-refractivity contribution in [2.45, 2.75) is 106 Å². The zero-order chi connectivity index (χ0) is 54.3. The van der Waals surface area contributed by atoms with Crippen LogP contribution < -0.4 is 0 Å². The summed E-state index contributed by atoms with van der Waals surface area (Å²) in [7, 11) is 0. The van der Waals surface area contributed by atoms with Crippen molar-refractivity contribution in [1.82, 2.24) is 14.5 Å². The molecule has 0 aliphatic rings. The monoisotopic (exact) mass is 1170 g/mol. The molecule has 10 aromatic rings. The fraction of sp³-hybridized carbons (Fsp3) is 0.229. The van der Waals surface area contributed by atoms with Crippen molar-refractivity contribution in [2.75, 3.05) is 0 Å². The van der Waals surface area contributed by atoms with E-state index in [9.17, 15) is 5.11 Å². The molecule has 0 bridgehead atoms. The van der Waals surface area contributed by atoms with E-state index in [1.54, 1.807) is 0 Å². The quantitative estimate of drug-likeness (QED) is 0.147. The minimum atomic E-state index is -0.820. The summed E-state index contributed by atoms with van der Waals surface area (Å²) in [4.78, 5) is 9.55. The van der Waals surface area contributed by atoms with Crippen molar-refractivity contribution >= 4 is 11.0 Å². The summed E-state index contributed by atoms with van der Waals surface area (Å²) in [6.07, 6.45) is 3.64. The number of hydrogen-bond acceptors (Lipinski definition) is 3. The molecule has 0 aliphatic carbocycles. The van der Waals surface area contributed by atoms with Crippen molar-refractivity contribution < 1.29 is 28.9 Å². The van der Waals surface area contributed by atoms with Gasteiger partial charge in [0.05, 0.1) is 22.3 Å². The van der Waals surface area contributed by atoms with Crippen molar-refractivity contribution in [3.63, 3.8) is 0 Å². The molecule has 382 valence electrons. The van der Waals surface area contributed by atoms with Gasteiger partial charge in [0.25, 0.3) is 0 Å². The van der Waals surface area contributed by atoms with Crippen LogP contribution in [0.2, 0.25) is 0 Å². The molecule has 0 saturated carbocycles. The molecule has 1 N–H and O–H groups in total. The van der Waals surface area contributed by atoms with Crippen molar-refractivity contribution in [2.24, 2.45) is 0 Å². The Morgan fingerprint density at radius 3 is 1.60 bits per heavy atom. The smallest absolute Gasteiger partial charge is 0.148 e. The molecule has 0 fully saturated rings. The number of aryl methyl sites for hydroxylation is 2. The Balaban J connectivity index is 0.000000346. The van der Waals surface area contributed by atoms with Gasteiger partial charge in [-0.15, -0.1) is 34.9 Å². The summed E-state index contributed by atoms with van der Waals surface area (Å²) in [5.74, 6) is -0.736. The van der Waals surface area contributed by atoms with E-state index in [1.807, 2.05) is 70.4 Å². The summed E-state index contributed by atoms with van der Waals surface area (Å²) in [5.41, 5.74) is 19.8. The molecule has 0 spiro atoms. The summed E-state index contributed by atoms with van der Waals surface area (Å²) >= 11 is 0. The summed E-state index contributed by atoms with van der Waals surface area (Å²) < 4.78 is 19.9. The van der Waals surface area contributed by atoms with Crippen LogP contribution in [0.1, 0.15) is 117 Å². The Labute approximate surface area is 463 Å². The van der Waals surface area contributed by atoms with E-state index in [0.29, 0.717) is 11.4 Å². The molecule has 0 amide bonds. The second-order valence-electron chi connectivity index (χ2n) is 22.2. The topological polar surface area (TPSA) is 50.9 Å². The number of pyridine rings is 1. The Morgan fingerprint density at radius 2 is 1.05 bits per heavy atom. The second-order valence-corrected chi connectivity index (χ2v) is 22.2. The maximum absolute atomic E-state index is 12.3. The van der Waals surface area contributed by atoms with Gasteiger partial charge >= 0.3 is 0 Å². The van der Waals surface area contributed by atoms with Crippen molar-refractivity contribution in [3.8, 4) is 78.5 Å². The van der Waals surface area contributed by atoms with Crippen molar-refractivity contribution in [3.05, 3.63) is 228 Å². The first-order chi connectivity index (χ1) is 35.9. The van der Waals surface area contributed by atoms with E-state index in [1.165, 1.54) is 22.3 Å². The zero-order valence-corrected chi connectivity index (χ0v) is 47.8. The van der Waals surface area contributed by atoms with Gasteiger partial charge in [-0.05, 0) is 127 Å². The van der Waals surface area contributed by atoms with E-state index < -0.39 is 11.8 Å². The average Bonchev–Trinajstić information content (AvgIpc) is 4.01. The van der Waals surface area contributed by atoms with Crippen LogP contribution in [0.25, 0.3) is 83.7 Å². The largest absolute Gasteiger partial charge is 0.507 e. The third kappa shape index (κ3) is 11.9. The molecule has 10 rings (SSSR count). The van der Waals surface area contributed by atoms with Crippen LogP contribution in [-0.4, -0.2) is 19.6 Å². The van der Waals surface area contributed by atoms with E-state index in [0.717, 1.165) is 83.5 Å². The van der Waals surface area contributed by atoms with E-state index in [2.05, 4.69) is 217 Å². The average molecular weight is 1170 g/mol. The number of aromatic nitrogens is 3. The first kappa shape index (κ1) is 51.4. The van der Waals surface area contributed by atoms with Crippen LogP contribution in [-0.2, 0) is 31.9 Å². The number of hydrogen-bond donors (Lipinski definition) is 1. The summed E-state index contributed by atoms with van der Waals surface area (Å²) in [6.45, 7) is 24.9. The van der Waals surface area contributed by atoms with Gasteiger partial charge in [-0.3, -0.25) is 9.55 Å². The van der Waals surface area contributed by atoms with Crippen LogP contribution in [0.3, 0.4) is 0 Å². The predicted octanol–water partition coefficient (Wildman–Crippen LogP) is 19.1. The Kier molecular flexibility index (Phi) is 15.3. The predicted molar refractivity (Wildman–Crippen MR) is 313 cm³/mol. The van der Waals surface area contributed by atoms with Crippen molar-refractivity contribution in [1.29, 1.82) is 0 Å². The molecule has 2 heterocycles. The maximum Gasteiger partial charge on any atom is 0.148 e. The van der Waals surface area contributed by atoms with Crippen LogP contribution in [0.5, 0.6) is 5.75 Å². The van der Waals surface area contributed by atoms with E-state index in [-0.39, 0.29) is 37.6 Å². The third-order valence-electron chi connectivity index (χ3n) is 14.0. The number of para-hydroxylation sites is 1. The molecule has 0 saturated heterocycles. The number of rotatable bonds is 9. The van der Waals surface area contributed by atoms with Crippen LogP contribution in [0, 0.1) is 19.9 Å². The number of fused-ring (bicyclic) bond motifs is 1. The standard InChI is InChI=1S/C53H57N2O.C17H13N.Pt/c1-32(2)38-26-39(33(3)4)28-41(27-38)37-21-22-47(35(6)25-37)55-48-20-16-19-44(42-24-34(5)23-40(29-42)36-17-14-13-15-18-36)49(48)54-51(55)45-30-43(52(7,8)9)31-46(50(45)56)53(10,11)12;1-2-4-14(5-3-1)15-6-8-16(9-7-15)17-10-12-18-13-11-17;/h13-23,25-33,56H,1-12H3;1-13H;/q-1;;/i32D,33D;;. The van der Waals surface area contributed by atoms with Gasteiger partial charge in [0, 0.05) is 41.8 Å². The van der Waals surface area contributed by atoms with Gasteiger partial charge in [-0.1, -0.05) is 209 Å². The number of imidazole rings is 1. The molecule has 4 nitrogen and oxygen atoms in total. The first-order valence-corrected chi connectivity index (χ1v) is 25.8. The van der Waals surface area contributed by atoms with Gasteiger partial charge < -0.3 is 5.11 Å². The normalized spacial score (nSPS) is 12.3. The van der Waals surface area contributed by atoms with Gasteiger partial charge in [-0.2, -0.15) is 0 Å². The zero-order valence-electron chi connectivity index (χ0n) is 47.5. The number of aromatic hydroxyl groups is 1. The number of nitrogens with zero attached hydrogens (tertiary/aromatic N) is 3. The van der Waals surface area contributed by atoms with Gasteiger partial charge in [0.2, 0.25) is 0 Å². The van der Waals surface area contributed by atoms with Crippen LogP contribution in [0.4, 0.5) is 0 Å². The van der Waals surface area contributed by atoms with E-state index >= 15 is 0 Å². The SMILES string of the molecule is [2H]C(C)(C)c1cc(-c2ccc(-n3c(-c4cc(C(C)(C)C)cc(C(C)(C)C)c4O)nc4c(-c5[c-]c(C)cc(-c6ccccc6)c5)cccc43)c(C)c2)cc(C([2H])(C)C)c1.[Pt].c1ccc(-c2ccc(-c3ccncc3)cc2)cc1. The van der Waals surface area contributed by atoms with Crippen LogP contribution >= 0.6 is 0 Å².